The van der Waals surface area contributed by atoms with Crippen molar-refractivity contribution in [2.75, 3.05) is 13.1 Å². The van der Waals surface area contributed by atoms with E-state index in [-0.39, 0.29) is 11.2 Å². The molecule has 0 radical (unpaired) electrons. The number of morpholine rings is 1. The topological polar surface area (TPSA) is 25.4 Å². The second-order valence-corrected chi connectivity index (χ2v) is 7.92. The number of hydrogen-bond acceptors (Lipinski definition) is 4. The average Bonchev–Trinajstić information content (AvgIpc) is 2.74. The van der Waals surface area contributed by atoms with E-state index in [2.05, 4.69) is 49.9 Å². The van der Waals surface area contributed by atoms with E-state index in [4.69, 9.17) is 16.3 Å². The Balaban J connectivity index is 2.22. The summed E-state index contributed by atoms with van der Waals surface area (Å²) in [4.78, 5) is 7.19. The van der Waals surface area contributed by atoms with Crippen molar-refractivity contribution in [3.8, 4) is 0 Å². The maximum Gasteiger partial charge on any atom is 0.110 e. The first kappa shape index (κ1) is 16.2. The molecule has 5 heteroatoms. The quantitative estimate of drug-likeness (QED) is 0.778. The summed E-state index contributed by atoms with van der Waals surface area (Å²) in [5.41, 5.74) is 0.737. The molecule has 1 unspecified atom stereocenters. The summed E-state index contributed by atoms with van der Waals surface area (Å²) in [5.74, 6) is 0.493. The van der Waals surface area contributed by atoms with Gasteiger partial charge in [0.1, 0.15) is 5.01 Å². The van der Waals surface area contributed by atoms with Gasteiger partial charge in [-0.05, 0) is 34.1 Å². The van der Waals surface area contributed by atoms with Crippen LogP contribution in [0.3, 0.4) is 0 Å². The van der Waals surface area contributed by atoms with Gasteiger partial charge in [-0.15, -0.1) is 22.9 Å². The minimum absolute atomic E-state index is 0.123. The lowest BCUT2D eigenvalue weighted by molar-refractivity contribution is -0.188. The van der Waals surface area contributed by atoms with Crippen molar-refractivity contribution in [2.24, 2.45) is 0 Å². The summed E-state index contributed by atoms with van der Waals surface area (Å²) in [6.07, 6.45) is 1.06. The van der Waals surface area contributed by atoms with Gasteiger partial charge in [0, 0.05) is 18.5 Å². The third-order valence-electron chi connectivity index (χ3n) is 3.54. The highest BCUT2D eigenvalue weighted by molar-refractivity contribution is 7.09. The Bertz CT molecular complexity index is 442. The zero-order valence-electron chi connectivity index (χ0n) is 13.1. The minimum atomic E-state index is -0.123. The molecule has 0 bridgehead atoms. The smallest absolute Gasteiger partial charge is 0.110 e. The maximum atomic E-state index is 6.17. The summed E-state index contributed by atoms with van der Waals surface area (Å²) in [6, 6.07) is 0.361. The molecule has 1 fully saturated rings. The summed E-state index contributed by atoms with van der Waals surface area (Å²) in [6.45, 7) is 12.8. The highest BCUT2D eigenvalue weighted by Gasteiger charge is 2.41. The summed E-state index contributed by atoms with van der Waals surface area (Å²) in [5, 5.41) is 3.25. The number of ether oxygens (including phenoxy) is 1. The standard InChI is InChI=1S/C15H25ClN2OS/c1-6-12(13-17-11(7-16)8-20-13)18-9-14(2,3)19-15(4,5)10-18/h8,12H,6-7,9-10H2,1-5H3. The van der Waals surface area contributed by atoms with Crippen LogP contribution in [-0.2, 0) is 10.6 Å². The van der Waals surface area contributed by atoms with Crippen LogP contribution >= 0.6 is 22.9 Å². The first-order valence-corrected chi connectivity index (χ1v) is 8.62. The fourth-order valence-corrected chi connectivity index (χ4v) is 4.46. The molecule has 0 N–H and O–H groups in total. The van der Waals surface area contributed by atoms with E-state index in [1.165, 1.54) is 5.01 Å². The Morgan fingerprint density at radius 2 is 1.95 bits per heavy atom. The zero-order chi connectivity index (χ0) is 15.0. The molecule has 0 saturated carbocycles. The van der Waals surface area contributed by atoms with Crippen LogP contribution in [0.4, 0.5) is 0 Å². The predicted molar refractivity (Wildman–Crippen MR) is 85.5 cm³/mol. The van der Waals surface area contributed by atoms with Crippen LogP contribution in [0.1, 0.15) is 57.8 Å². The van der Waals surface area contributed by atoms with Gasteiger partial charge in [-0.3, -0.25) is 4.90 Å². The van der Waals surface area contributed by atoms with Crippen LogP contribution < -0.4 is 0 Å². The Labute approximate surface area is 131 Å². The summed E-state index contributed by atoms with van der Waals surface area (Å²) in [7, 11) is 0. The Kier molecular flexibility index (Phi) is 4.80. The summed E-state index contributed by atoms with van der Waals surface area (Å²) >= 11 is 7.60. The Morgan fingerprint density at radius 3 is 2.40 bits per heavy atom. The van der Waals surface area contributed by atoms with Gasteiger partial charge >= 0.3 is 0 Å². The number of halogens is 1. The van der Waals surface area contributed by atoms with Crippen LogP contribution in [0.2, 0.25) is 0 Å². The van der Waals surface area contributed by atoms with Gasteiger partial charge in [0.2, 0.25) is 0 Å². The highest BCUT2D eigenvalue weighted by atomic mass is 35.5. The number of alkyl halides is 1. The number of thiazole rings is 1. The first-order valence-electron chi connectivity index (χ1n) is 7.21. The van der Waals surface area contributed by atoms with Crippen molar-refractivity contribution in [3.63, 3.8) is 0 Å². The molecule has 1 aromatic rings. The lowest BCUT2D eigenvalue weighted by Crippen LogP contribution is -2.57. The minimum Gasteiger partial charge on any atom is -0.367 e. The largest absolute Gasteiger partial charge is 0.367 e. The van der Waals surface area contributed by atoms with Crippen molar-refractivity contribution in [1.29, 1.82) is 0 Å². The molecule has 114 valence electrons. The third kappa shape index (κ3) is 3.73. The monoisotopic (exact) mass is 316 g/mol. The van der Waals surface area contributed by atoms with Crippen molar-refractivity contribution in [3.05, 3.63) is 16.1 Å². The molecular weight excluding hydrogens is 292 g/mol. The van der Waals surface area contributed by atoms with E-state index >= 15 is 0 Å². The Hall–Kier alpha value is -0.160. The molecule has 0 aromatic carbocycles. The second kappa shape index (κ2) is 5.91. The van der Waals surface area contributed by atoms with Gasteiger partial charge in [0.15, 0.2) is 0 Å². The number of nitrogens with zero attached hydrogens (tertiary/aromatic N) is 2. The SMILES string of the molecule is CCC(c1nc(CCl)cs1)N1CC(C)(C)OC(C)(C)C1. The highest BCUT2D eigenvalue weighted by Crippen LogP contribution is 2.36. The maximum absolute atomic E-state index is 6.17. The van der Waals surface area contributed by atoms with Crippen molar-refractivity contribution >= 4 is 22.9 Å². The molecule has 20 heavy (non-hydrogen) atoms. The zero-order valence-corrected chi connectivity index (χ0v) is 14.6. The van der Waals surface area contributed by atoms with Crippen LogP contribution in [0, 0.1) is 0 Å². The average molecular weight is 317 g/mol. The van der Waals surface area contributed by atoms with Crippen LogP contribution in [-0.4, -0.2) is 34.2 Å². The molecule has 0 aliphatic carbocycles. The van der Waals surface area contributed by atoms with Gasteiger partial charge in [0.05, 0.1) is 28.8 Å². The molecule has 0 amide bonds. The van der Waals surface area contributed by atoms with Gasteiger partial charge in [-0.2, -0.15) is 0 Å². The molecule has 1 aliphatic rings. The van der Waals surface area contributed by atoms with E-state index in [0.717, 1.165) is 25.2 Å². The molecule has 1 atom stereocenters. The van der Waals surface area contributed by atoms with E-state index in [1.54, 1.807) is 11.3 Å². The molecule has 1 aromatic heterocycles. The molecule has 1 saturated heterocycles. The molecule has 1 aliphatic heterocycles. The molecule has 3 nitrogen and oxygen atoms in total. The van der Waals surface area contributed by atoms with Gasteiger partial charge in [-0.25, -0.2) is 4.98 Å². The lowest BCUT2D eigenvalue weighted by atomic mass is 9.97. The fourth-order valence-electron chi connectivity index (χ4n) is 3.19. The van der Waals surface area contributed by atoms with Crippen LogP contribution in [0.5, 0.6) is 0 Å². The third-order valence-corrected chi connectivity index (χ3v) is 4.81. The van der Waals surface area contributed by atoms with Crippen molar-refractivity contribution in [1.82, 2.24) is 9.88 Å². The van der Waals surface area contributed by atoms with Crippen molar-refractivity contribution in [2.45, 2.75) is 64.2 Å². The molecular formula is C15H25ClN2OS. The molecule has 0 spiro atoms. The van der Waals surface area contributed by atoms with E-state index in [1.807, 2.05) is 0 Å². The van der Waals surface area contributed by atoms with Crippen LogP contribution in [0.15, 0.2) is 5.38 Å². The normalized spacial score (nSPS) is 23.7. The van der Waals surface area contributed by atoms with Gasteiger partial charge in [0.25, 0.3) is 0 Å². The molecule has 2 heterocycles. The van der Waals surface area contributed by atoms with Gasteiger partial charge in [-0.1, -0.05) is 6.92 Å². The Morgan fingerprint density at radius 1 is 1.35 bits per heavy atom. The van der Waals surface area contributed by atoms with Gasteiger partial charge < -0.3 is 4.74 Å². The fraction of sp³-hybridized carbons (Fsp3) is 0.800. The number of hydrogen-bond donors (Lipinski definition) is 0. The number of aromatic nitrogens is 1. The first-order chi connectivity index (χ1) is 9.26. The second-order valence-electron chi connectivity index (χ2n) is 6.76. The van der Waals surface area contributed by atoms with Crippen molar-refractivity contribution < 1.29 is 4.74 Å². The summed E-state index contributed by atoms with van der Waals surface area (Å²) < 4.78 is 6.17. The van der Waals surface area contributed by atoms with E-state index in [0.29, 0.717) is 11.9 Å². The van der Waals surface area contributed by atoms with Crippen LogP contribution in [0.25, 0.3) is 0 Å². The van der Waals surface area contributed by atoms with E-state index in [9.17, 15) is 0 Å². The number of rotatable bonds is 4. The molecule has 2 rings (SSSR count). The predicted octanol–water partition coefficient (Wildman–Crippen LogP) is 4.22. The van der Waals surface area contributed by atoms with E-state index < -0.39 is 0 Å². The lowest BCUT2D eigenvalue weighted by Gasteiger charge is -2.49.